The summed E-state index contributed by atoms with van der Waals surface area (Å²) in [4.78, 5) is 22.1. The predicted molar refractivity (Wildman–Crippen MR) is 117 cm³/mol. The number of nitrogens with one attached hydrogen (secondary N) is 1. The summed E-state index contributed by atoms with van der Waals surface area (Å²) in [7, 11) is 0. The highest BCUT2D eigenvalue weighted by molar-refractivity contribution is 7.99. The van der Waals surface area contributed by atoms with Crippen LogP contribution in [0.5, 0.6) is 0 Å². The number of benzene rings is 2. The van der Waals surface area contributed by atoms with Crippen LogP contribution in [0.15, 0.2) is 66.2 Å². The van der Waals surface area contributed by atoms with Crippen LogP contribution in [0.1, 0.15) is 25.8 Å². The third-order valence-electron chi connectivity index (χ3n) is 4.38. The SMILES string of the molecule is CC(=O)NC(CSCC=C(C)CCc1ccc(-c2ccccc2)cc1)C(=O)O. The minimum absolute atomic E-state index is 0.321. The summed E-state index contributed by atoms with van der Waals surface area (Å²) in [6, 6.07) is 18.2. The van der Waals surface area contributed by atoms with Crippen LogP contribution in [0, 0.1) is 0 Å². The van der Waals surface area contributed by atoms with Crippen molar-refractivity contribution in [2.24, 2.45) is 0 Å². The molecule has 2 N–H and O–H groups in total. The highest BCUT2D eigenvalue weighted by Gasteiger charge is 2.17. The van der Waals surface area contributed by atoms with E-state index in [1.807, 2.05) is 18.2 Å². The van der Waals surface area contributed by atoms with E-state index in [-0.39, 0.29) is 5.91 Å². The van der Waals surface area contributed by atoms with E-state index < -0.39 is 12.0 Å². The molecule has 0 radical (unpaired) electrons. The number of carboxylic acids is 1. The zero-order valence-electron chi connectivity index (χ0n) is 16.4. The molecule has 1 atom stereocenters. The summed E-state index contributed by atoms with van der Waals surface area (Å²) in [6.07, 6.45) is 4.08. The maximum absolute atomic E-state index is 11.1. The molecule has 28 heavy (non-hydrogen) atoms. The minimum atomic E-state index is -0.998. The number of hydrogen-bond donors (Lipinski definition) is 2. The normalized spacial score (nSPS) is 12.4. The molecule has 0 bridgehead atoms. The van der Waals surface area contributed by atoms with Gasteiger partial charge in [-0.2, -0.15) is 11.8 Å². The van der Waals surface area contributed by atoms with E-state index in [1.54, 1.807) is 0 Å². The van der Waals surface area contributed by atoms with Gasteiger partial charge in [0, 0.05) is 18.4 Å². The van der Waals surface area contributed by atoms with Crippen LogP contribution in [0.2, 0.25) is 0 Å². The van der Waals surface area contributed by atoms with E-state index in [4.69, 9.17) is 5.11 Å². The van der Waals surface area contributed by atoms with Crippen molar-refractivity contribution in [1.29, 1.82) is 0 Å². The van der Waals surface area contributed by atoms with Crippen molar-refractivity contribution in [1.82, 2.24) is 5.32 Å². The number of carbonyl (C=O) groups excluding carboxylic acids is 1. The lowest BCUT2D eigenvalue weighted by molar-refractivity contribution is -0.140. The van der Waals surface area contributed by atoms with Crippen molar-refractivity contribution < 1.29 is 14.7 Å². The van der Waals surface area contributed by atoms with Crippen molar-refractivity contribution in [3.8, 4) is 11.1 Å². The summed E-state index contributed by atoms with van der Waals surface area (Å²) >= 11 is 1.51. The number of thioether (sulfide) groups is 1. The first-order valence-corrected chi connectivity index (χ1v) is 10.5. The number of aryl methyl sites for hydroxylation is 1. The van der Waals surface area contributed by atoms with E-state index in [0.717, 1.165) is 18.6 Å². The number of amides is 1. The van der Waals surface area contributed by atoms with Crippen LogP contribution >= 0.6 is 11.8 Å². The molecule has 2 aromatic rings. The molecule has 2 rings (SSSR count). The third-order valence-corrected chi connectivity index (χ3v) is 5.35. The van der Waals surface area contributed by atoms with Crippen molar-refractivity contribution in [2.75, 3.05) is 11.5 Å². The van der Waals surface area contributed by atoms with Gasteiger partial charge in [0.05, 0.1) is 0 Å². The van der Waals surface area contributed by atoms with Crippen molar-refractivity contribution in [2.45, 2.75) is 32.7 Å². The van der Waals surface area contributed by atoms with Gasteiger partial charge in [0.15, 0.2) is 0 Å². The molecule has 1 amide bonds. The lowest BCUT2D eigenvalue weighted by Gasteiger charge is -2.12. The zero-order chi connectivity index (χ0) is 20.4. The van der Waals surface area contributed by atoms with Crippen molar-refractivity contribution >= 4 is 23.6 Å². The minimum Gasteiger partial charge on any atom is -0.480 e. The highest BCUT2D eigenvalue weighted by atomic mass is 32.2. The quantitative estimate of drug-likeness (QED) is 0.456. The first-order chi connectivity index (χ1) is 13.5. The van der Waals surface area contributed by atoms with Gasteiger partial charge in [-0.3, -0.25) is 4.79 Å². The van der Waals surface area contributed by atoms with Gasteiger partial charge in [0.25, 0.3) is 0 Å². The van der Waals surface area contributed by atoms with Crippen LogP contribution in [0.3, 0.4) is 0 Å². The smallest absolute Gasteiger partial charge is 0.327 e. The van der Waals surface area contributed by atoms with Crippen LogP contribution in [-0.4, -0.2) is 34.5 Å². The maximum Gasteiger partial charge on any atom is 0.327 e. The summed E-state index contributed by atoms with van der Waals surface area (Å²) in [5, 5.41) is 11.5. The van der Waals surface area contributed by atoms with Gasteiger partial charge in [-0.25, -0.2) is 4.79 Å². The molecule has 148 valence electrons. The van der Waals surface area contributed by atoms with Gasteiger partial charge < -0.3 is 10.4 Å². The molecule has 0 heterocycles. The van der Waals surface area contributed by atoms with Gasteiger partial charge >= 0.3 is 5.97 Å². The Hall–Kier alpha value is -2.53. The van der Waals surface area contributed by atoms with E-state index >= 15 is 0 Å². The second-order valence-corrected chi connectivity index (χ2v) is 7.82. The monoisotopic (exact) mass is 397 g/mol. The van der Waals surface area contributed by atoms with Gasteiger partial charge in [0.2, 0.25) is 5.91 Å². The number of allylic oxidation sites excluding steroid dienone is 1. The van der Waals surface area contributed by atoms with E-state index in [2.05, 4.69) is 54.7 Å². The van der Waals surface area contributed by atoms with E-state index in [0.29, 0.717) is 5.75 Å². The Balaban J connectivity index is 1.76. The van der Waals surface area contributed by atoms with Gasteiger partial charge in [0.1, 0.15) is 6.04 Å². The molecular weight excluding hydrogens is 370 g/mol. The summed E-state index contributed by atoms with van der Waals surface area (Å²) in [5.74, 6) is -0.220. The summed E-state index contributed by atoms with van der Waals surface area (Å²) < 4.78 is 0. The van der Waals surface area contributed by atoms with E-state index in [1.165, 1.54) is 40.9 Å². The number of rotatable bonds is 10. The van der Waals surface area contributed by atoms with Gasteiger partial charge in [-0.1, -0.05) is 66.2 Å². The number of aliphatic carboxylic acids is 1. The maximum atomic E-state index is 11.1. The molecule has 4 nitrogen and oxygen atoms in total. The summed E-state index contributed by atoms with van der Waals surface area (Å²) in [5.41, 5.74) is 5.03. The van der Waals surface area contributed by atoms with Gasteiger partial charge in [-0.15, -0.1) is 0 Å². The molecule has 1 unspecified atom stereocenters. The lowest BCUT2D eigenvalue weighted by atomic mass is 10.0. The first kappa shape index (κ1) is 21.8. The fraction of sp³-hybridized carbons (Fsp3) is 0.304. The molecule has 5 heteroatoms. The Morgan fingerprint density at radius 3 is 2.29 bits per heavy atom. The lowest BCUT2D eigenvalue weighted by Crippen LogP contribution is -2.41. The molecular formula is C23H27NO3S. The van der Waals surface area contributed by atoms with Crippen LogP contribution in [-0.2, 0) is 16.0 Å². The molecule has 0 saturated carbocycles. The predicted octanol–water partition coefficient (Wildman–Crippen LogP) is 4.56. The fourth-order valence-corrected chi connectivity index (χ4v) is 3.75. The van der Waals surface area contributed by atoms with Crippen LogP contribution in [0.4, 0.5) is 0 Å². The molecule has 0 aliphatic rings. The number of carboxylic acid groups (broad SMARTS) is 1. The largest absolute Gasteiger partial charge is 0.480 e. The average molecular weight is 398 g/mol. The number of hydrogen-bond acceptors (Lipinski definition) is 3. The Bertz CT molecular complexity index is 800. The molecule has 0 aliphatic heterocycles. The average Bonchev–Trinajstić information content (AvgIpc) is 2.69. The highest BCUT2D eigenvalue weighted by Crippen LogP contribution is 2.20. The van der Waals surface area contributed by atoms with Crippen molar-refractivity contribution in [3.05, 3.63) is 71.8 Å². The van der Waals surface area contributed by atoms with Gasteiger partial charge in [-0.05, 0) is 36.5 Å². The molecule has 0 saturated heterocycles. The van der Waals surface area contributed by atoms with Crippen molar-refractivity contribution in [3.63, 3.8) is 0 Å². The second-order valence-electron chi connectivity index (χ2n) is 6.74. The molecule has 0 aliphatic carbocycles. The second kappa shape index (κ2) is 11.3. The summed E-state index contributed by atoms with van der Waals surface area (Å²) in [6.45, 7) is 3.43. The first-order valence-electron chi connectivity index (χ1n) is 9.33. The van der Waals surface area contributed by atoms with Crippen LogP contribution in [0.25, 0.3) is 11.1 Å². The molecule has 0 fully saturated rings. The Labute approximate surface area is 171 Å². The number of carbonyl (C=O) groups is 2. The molecule has 0 spiro atoms. The topological polar surface area (TPSA) is 66.4 Å². The molecule has 0 aromatic heterocycles. The zero-order valence-corrected chi connectivity index (χ0v) is 17.2. The van der Waals surface area contributed by atoms with Crippen LogP contribution < -0.4 is 5.32 Å². The Kier molecular flexibility index (Phi) is 8.82. The molecule has 2 aromatic carbocycles. The standard InChI is InChI=1S/C23H27NO3S/c1-17(14-15-28-16-22(23(26)27)24-18(2)25)8-9-19-10-12-21(13-11-19)20-6-4-3-5-7-20/h3-7,10-14,22H,8-9,15-16H2,1-2H3,(H,24,25)(H,26,27). The Morgan fingerprint density at radius 1 is 1.04 bits per heavy atom. The Morgan fingerprint density at radius 2 is 1.68 bits per heavy atom. The third kappa shape index (κ3) is 7.61. The van der Waals surface area contributed by atoms with E-state index in [9.17, 15) is 9.59 Å². The fourth-order valence-electron chi connectivity index (χ4n) is 2.75.